The molecule has 0 aliphatic rings. The highest BCUT2D eigenvalue weighted by molar-refractivity contribution is 5.89. The maximum atomic E-state index is 5.81. The number of hydrogen-bond acceptors (Lipinski definition) is 4. The van der Waals surface area contributed by atoms with Gasteiger partial charge in [0.1, 0.15) is 17.2 Å². The molecule has 0 radical (unpaired) electrons. The van der Waals surface area contributed by atoms with Crippen LogP contribution in [0.2, 0.25) is 0 Å². The first-order chi connectivity index (χ1) is 13.6. The predicted molar refractivity (Wildman–Crippen MR) is 112 cm³/mol. The van der Waals surface area contributed by atoms with Gasteiger partial charge < -0.3 is 13.9 Å². The first kappa shape index (κ1) is 18.1. The molecule has 4 aromatic rings. The van der Waals surface area contributed by atoms with E-state index in [9.17, 15) is 0 Å². The van der Waals surface area contributed by atoms with E-state index in [0.29, 0.717) is 11.7 Å². The van der Waals surface area contributed by atoms with Crippen LogP contribution in [0.1, 0.15) is 25.3 Å². The summed E-state index contributed by atoms with van der Waals surface area (Å²) in [6.45, 7) is 4.28. The van der Waals surface area contributed by atoms with Crippen molar-refractivity contribution < 1.29 is 13.9 Å². The van der Waals surface area contributed by atoms with Crippen molar-refractivity contribution in [3.05, 3.63) is 66.6 Å². The predicted octanol–water partition coefficient (Wildman–Crippen LogP) is 6.30. The van der Waals surface area contributed by atoms with E-state index >= 15 is 0 Å². The van der Waals surface area contributed by atoms with Crippen molar-refractivity contribution >= 4 is 10.8 Å². The molecule has 0 aliphatic heterocycles. The zero-order valence-corrected chi connectivity index (χ0v) is 16.5. The smallest absolute Gasteiger partial charge is 0.182 e. The zero-order valence-electron chi connectivity index (χ0n) is 16.5. The van der Waals surface area contributed by atoms with Crippen molar-refractivity contribution in [3.63, 3.8) is 0 Å². The average Bonchev–Trinajstić information content (AvgIpc) is 3.21. The monoisotopic (exact) mass is 373 g/mol. The Morgan fingerprint density at radius 3 is 2.32 bits per heavy atom. The van der Waals surface area contributed by atoms with Gasteiger partial charge in [-0.3, -0.25) is 0 Å². The van der Waals surface area contributed by atoms with Crippen molar-refractivity contribution in [3.8, 4) is 34.1 Å². The summed E-state index contributed by atoms with van der Waals surface area (Å²) in [7, 11) is 3.33. The maximum absolute atomic E-state index is 5.81. The molecule has 4 rings (SSSR count). The van der Waals surface area contributed by atoms with Gasteiger partial charge in [-0.2, -0.15) is 0 Å². The highest BCUT2D eigenvalue weighted by Crippen LogP contribution is 2.42. The molecule has 28 heavy (non-hydrogen) atoms. The molecule has 1 aromatic heterocycles. The van der Waals surface area contributed by atoms with Crippen LogP contribution in [0.25, 0.3) is 33.4 Å². The quantitative estimate of drug-likeness (QED) is 0.412. The van der Waals surface area contributed by atoms with Crippen molar-refractivity contribution in [2.45, 2.75) is 19.8 Å². The second-order valence-electron chi connectivity index (χ2n) is 7.04. The molecular weight excluding hydrogens is 350 g/mol. The van der Waals surface area contributed by atoms with Gasteiger partial charge in [0.2, 0.25) is 0 Å². The van der Waals surface area contributed by atoms with E-state index in [4.69, 9.17) is 13.9 Å². The van der Waals surface area contributed by atoms with E-state index < -0.39 is 0 Å². The Bertz CT molecular complexity index is 1130. The molecule has 4 heteroatoms. The Hall–Kier alpha value is -3.27. The lowest BCUT2D eigenvalue weighted by Crippen LogP contribution is -1.98. The van der Waals surface area contributed by atoms with Crippen molar-refractivity contribution in [2.75, 3.05) is 14.2 Å². The molecule has 4 nitrogen and oxygen atoms in total. The summed E-state index contributed by atoms with van der Waals surface area (Å²) in [5.74, 6) is 2.54. The molecule has 0 N–H and O–H groups in total. The van der Waals surface area contributed by atoms with Gasteiger partial charge in [0.15, 0.2) is 12.2 Å². The summed E-state index contributed by atoms with van der Waals surface area (Å²) in [6, 6.07) is 18.6. The highest BCUT2D eigenvalue weighted by atomic mass is 16.5. The van der Waals surface area contributed by atoms with E-state index in [-0.39, 0.29) is 0 Å². The van der Waals surface area contributed by atoms with Gasteiger partial charge in [0.05, 0.1) is 14.2 Å². The lowest BCUT2D eigenvalue weighted by atomic mass is 9.95. The van der Waals surface area contributed by atoms with Gasteiger partial charge in [0.25, 0.3) is 0 Å². The molecule has 0 bridgehead atoms. The molecular formula is C24H23NO3. The summed E-state index contributed by atoms with van der Waals surface area (Å²) < 4.78 is 17.0. The summed E-state index contributed by atoms with van der Waals surface area (Å²) in [6.07, 6.45) is 1.48. The molecule has 142 valence electrons. The topological polar surface area (TPSA) is 44.5 Å². The van der Waals surface area contributed by atoms with Crippen LogP contribution in [0.4, 0.5) is 0 Å². The molecule has 0 saturated carbocycles. The van der Waals surface area contributed by atoms with Gasteiger partial charge in [-0.15, -0.1) is 0 Å². The van der Waals surface area contributed by atoms with E-state index in [1.807, 2.05) is 18.2 Å². The first-order valence-corrected chi connectivity index (χ1v) is 9.31. The fourth-order valence-corrected chi connectivity index (χ4v) is 3.53. The molecule has 3 aromatic carbocycles. The van der Waals surface area contributed by atoms with Crippen LogP contribution in [0, 0.1) is 0 Å². The van der Waals surface area contributed by atoms with E-state index in [2.05, 4.69) is 55.2 Å². The number of ether oxygens (including phenoxy) is 2. The molecule has 0 unspecified atom stereocenters. The number of nitrogens with zero attached hydrogens (tertiary/aromatic N) is 1. The number of rotatable bonds is 5. The number of oxazole rings is 1. The van der Waals surface area contributed by atoms with Crippen LogP contribution in [0.5, 0.6) is 11.5 Å². The Kier molecular flexibility index (Phi) is 4.78. The summed E-state index contributed by atoms with van der Waals surface area (Å²) in [5.41, 5.74) is 3.74. The maximum Gasteiger partial charge on any atom is 0.182 e. The van der Waals surface area contributed by atoms with Crippen LogP contribution in [-0.4, -0.2) is 19.2 Å². The third kappa shape index (κ3) is 3.11. The molecule has 0 atom stereocenters. The number of fused-ring (bicyclic) bond motifs is 1. The lowest BCUT2D eigenvalue weighted by molar-refractivity contribution is 0.390. The van der Waals surface area contributed by atoms with Crippen LogP contribution in [0.3, 0.4) is 0 Å². The Labute approximate surface area is 164 Å². The molecule has 0 saturated heterocycles. The Morgan fingerprint density at radius 2 is 1.61 bits per heavy atom. The molecule has 0 fully saturated rings. The van der Waals surface area contributed by atoms with Gasteiger partial charge in [-0.05, 0) is 34.4 Å². The standard InChI is InChI=1S/C24H23NO3/c1-15(2)19-12-20(22(27-4)13-21(19)26-3)23-24(28-14-25-23)18-10-9-16-7-5-6-8-17(16)11-18/h5-15H,1-4H3. The van der Waals surface area contributed by atoms with E-state index in [0.717, 1.165) is 39.3 Å². The number of hydrogen-bond donors (Lipinski definition) is 0. The number of methoxy groups -OCH3 is 2. The first-order valence-electron chi connectivity index (χ1n) is 9.31. The fourth-order valence-electron chi connectivity index (χ4n) is 3.53. The number of aromatic nitrogens is 1. The number of benzene rings is 3. The van der Waals surface area contributed by atoms with Crippen LogP contribution < -0.4 is 9.47 Å². The van der Waals surface area contributed by atoms with Gasteiger partial charge >= 0.3 is 0 Å². The molecule has 0 aliphatic carbocycles. The average molecular weight is 373 g/mol. The lowest BCUT2D eigenvalue weighted by Gasteiger charge is -2.16. The highest BCUT2D eigenvalue weighted by Gasteiger charge is 2.21. The Balaban J connectivity index is 1.89. The van der Waals surface area contributed by atoms with Gasteiger partial charge in [-0.25, -0.2) is 4.98 Å². The van der Waals surface area contributed by atoms with Crippen LogP contribution in [0.15, 0.2) is 65.4 Å². The van der Waals surface area contributed by atoms with Crippen LogP contribution >= 0.6 is 0 Å². The minimum atomic E-state index is 0.302. The fraction of sp³-hybridized carbons (Fsp3) is 0.208. The minimum absolute atomic E-state index is 0.302. The largest absolute Gasteiger partial charge is 0.496 e. The second-order valence-corrected chi connectivity index (χ2v) is 7.04. The van der Waals surface area contributed by atoms with Crippen molar-refractivity contribution in [1.82, 2.24) is 4.98 Å². The molecule has 1 heterocycles. The third-order valence-electron chi connectivity index (χ3n) is 5.01. The SMILES string of the molecule is COc1cc(OC)c(C(C)C)cc1-c1ncoc1-c1ccc2ccccc2c1. The summed E-state index contributed by atoms with van der Waals surface area (Å²) >= 11 is 0. The van der Waals surface area contributed by atoms with E-state index in [1.165, 1.54) is 11.8 Å². The van der Waals surface area contributed by atoms with Crippen molar-refractivity contribution in [1.29, 1.82) is 0 Å². The third-order valence-corrected chi connectivity index (χ3v) is 5.01. The van der Waals surface area contributed by atoms with Crippen molar-refractivity contribution in [2.24, 2.45) is 0 Å². The van der Waals surface area contributed by atoms with Gasteiger partial charge in [0, 0.05) is 17.2 Å². The van der Waals surface area contributed by atoms with Crippen LogP contribution in [-0.2, 0) is 0 Å². The Morgan fingerprint density at radius 1 is 0.857 bits per heavy atom. The van der Waals surface area contributed by atoms with Gasteiger partial charge in [-0.1, -0.05) is 50.2 Å². The normalized spacial score (nSPS) is 11.2. The zero-order chi connectivity index (χ0) is 19.7. The summed E-state index contributed by atoms with van der Waals surface area (Å²) in [4.78, 5) is 4.52. The molecule has 0 amide bonds. The van der Waals surface area contributed by atoms with E-state index in [1.54, 1.807) is 14.2 Å². The summed E-state index contributed by atoms with van der Waals surface area (Å²) in [5, 5.41) is 2.35. The molecule has 0 spiro atoms. The second kappa shape index (κ2) is 7.39. The minimum Gasteiger partial charge on any atom is -0.496 e.